The van der Waals surface area contributed by atoms with E-state index in [9.17, 15) is 35.7 Å². The minimum atomic E-state index is -1.33. The second kappa shape index (κ2) is 8.41. The lowest BCUT2D eigenvalue weighted by atomic mass is 9.71. The van der Waals surface area contributed by atoms with Gasteiger partial charge in [-0.3, -0.25) is 0 Å². The van der Waals surface area contributed by atoms with E-state index in [4.69, 9.17) is 18.9 Å². The Kier molecular flexibility index (Phi) is 6.43. The van der Waals surface area contributed by atoms with Crippen LogP contribution in [-0.4, -0.2) is 122 Å². The maximum absolute atomic E-state index is 10.9. The fourth-order valence-corrected chi connectivity index (χ4v) is 5.27. The van der Waals surface area contributed by atoms with E-state index in [1.165, 1.54) is 0 Å². The standard InChI is InChI=1S/C20H34O11/c1-19(2,27)11-15-16(11)31-17-13(26)18(29-10(5-21)14(17)30-15)28-9-4-20(6-22,7-23)3-8(24)12(9)25/h8-18,21-27H,3-7H2,1-2H3/t8?,9?,10?,11?,12?,13?,14?,15-,16?,17-,18+/m1/s1. The first-order valence-corrected chi connectivity index (χ1v) is 10.8. The number of rotatable bonds is 6. The lowest BCUT2D eigenvalue weighted by Crippen LogP contribution is -2.64. The van der Waals surface area contributed by atoms with Crippen molar-refractivity contribution in [1.82, 2.24) is 0 Å². The summed E-state index contributed by atoms with van der Waals surface area (Å²) < 4.78 is 23.5. The molecule has 0 spiro atoms. The molecule has 31 heavy (non-hydrogen) atoms. The molecule has 2 aliphatic carbocycles. The molecule has 0 radical (unpaired) electrons. The molecule has 11 heteroatoms. The smallest absolute Gasteiger partial charge is 0.187 e. The third-order valence-electron chi connectivity index (χ3n) is 7.16. The molecule has 7 N–H and O–H groups in total. The van der Waals surface area contributed by atoms with Crippen LogP contribution in [0.4, 0.5) is 0 Å². The molecule has 2 heterocycles. The van der Waals surface area contributed by atoms with Crippen molar-refractivity contribution in [2.24, 2.45) is 11.3 Å². The second-order valence-electron chi connectivity index (χ2n) is 9.98. The third kappa shape index (κ3) is 4.15. The fourth-order valence-electron chi connectivity index (χ4n) is 5.27. The van der Waals surface area contributed by atoms with E-state index in [0.717, 1.165) is 0 Å². The van der Waals surface area contributed by atoms with Gasteiger partial charge >= 0.3 is 0 Å². The summed E-state index contributed by atoms with van der Waals surface area (Å²) in [5.41, 5.74) is -2.09. The zero-order valence-corrected chi connectivity index (χ0v) is 17.6. The summed E-state index contributed by atoms with van der Waals surface area (Å²) in [6, 6.07) is 0. The van der Waals surface area contributed by atoms with E-state index < -0.39 is 86.0 Å². The van der Waals surface area contributed by atoms with E-state index in [1.54, 1.807) is 13.8 Å². The van der Waals surface area contributed by atoms with Crippen molar-refractivity contribution in [2.45, 2.75) is 93.5 Å². The SMILES string of the molecule is CC(C)(O)C1C2O[C@H]3C(O[C@@H]21)C(CO)O[C@H](OC1CC(CO)(CO)CC(O)C1O)C3O. The number of hydrogen-bond donors (Lipinski definition) is 7. The van der Waals surface area contributed by atoms with Crippen LogP contribution in [0, 0.1) is 11.3 Å². The van der Waals surface area contributed by atoms with Crippen molar-refractivity contribution in [1.29, 1.82) is 0 Å². The predicted molar refractivity (Wildman–Crippen MR) is 102 cm³/mol. The van der Waals surface area contributed by atoms with Crippen molar-refractivity contribution < 1.29 is 54.7 Å². The maximum Gasteiger partial charge on any atom is 0.187 e. The maximum atomic E-state index is 10.9. The predicted octanol–water partition coefficient (Wildman–Crippen LogP) is -3.14. The van der Waals surface area contributed by atoms with Crippen molar-refractivity contribution in [3.63, 3.8) is 0 Å². The number of fused-ring (bicyclic) bond motifs is 2. The topological polar surface area (TPSA) is 179 Å². The monoisotopic (exact) mass is 450 g/mol. The van der Waals surface area contributed by atoms with Gasteiger partial charge in [0.05, 0.1) is 49.8 Å². The molecular weight excluding hydrogens is 416 g/mol. The van der Waals surface area contributed by atoms with Gasteiger partial charge in [0.2, 0.25) is 0 Å². The molecule has 4 fully saturated rings. The Morgan fingerprint density at radius 1 is 0.871 bits per heavy atom. The Morgan fingerprint density at radius 3 is 2.03 bits per heavy atom. The van der Waals surface area contributed by atoms with Crippen LogP contribution < -0.4 is 0 Å². The molecule has 180 valence electrons. The Hall–Kier alpha value is -0.440. The van der Waals surface area contributed by atoms with Crippen LogP contribution in [0.5, 0.6) is 0 Å². The highest BCUT2D eigenvalue weighted by molar-refractivity contribution is 5.13. The lowest BCUT2D eigenvalue weighted by Gasteiger charge is -2.48. The summed E-state index contributed by atoms with van der Waals surface area (Å²) in [6.45, 7) is 2.04. The minimum absolute atomic E-state index is 0.00256. The summed E-state index contributed by atoms with van der Waals surface area (Å²) >= 11 is 0. The van der Waals surface area contributed by atoms with Gasteiger partial charge in [0.25, 0.3) is 0 Å². The highest BCUT2D eigenvalue weighted by Crippen LogP contribution is 2.51. The van der Waals surface area contributed by atoms with E-state index >= 15 is 0 Å². The van der Waals surface area contributed by atoms with E-state index in [0.29, 0.717) is 0 Å². The van der Waals surface area contributed by atoms with Crippen LogP contribution in [0.2, 0.25) is 0 Å². The molecule has 4 rings (SSSR count). The highest BCUT2D eigenvalue weighted by Gasteiger charge is 2.67. The summed E-state index contributed by atoms with van der Waals surface area (Å²) in [5, 5.41) is 71.0. The number of hydrogen-bond acceptors (Lipinski definition) is 11. The number of aliphatic hydroxyl groups excluding tert-OH is 6. The fraction of sp³-hybridized carbons (Fsp3) is 1.00. The molecule has 8 unspecified atom stereocenters. The van der Waals surface area contributed by atoms with Gasteiger partial charge in [0, 0.05) is 11.3 Å². The molecule has 0 aromatic rings. The Labute approximate surface area is 180 Å². The first kappa shape index (κ1) is 23.7. The summed E-state index contributed by atoms with van der Waals surface area (Å²) in [4.78, 5) is 0. The van der Waals surface area contributed by atoms with E-state index in [1.807, 2.05) is 0 Å². The van der Waals surface area contributed by atoms with Crippen LogP contribution in [0.25, 0.3) is 0 Å². The van der Waals surface area contributed by atoms with Gasteiger partial charge in [0.1, 0.15) is 30.5 Å². The molecule has 2 aliphatic heterocycles. The van der Waals surface area contributed by atoms with Gasteiger partial charge < -0.3 is 54.7 Å². The van der Waals surface area contributed by atoms with Gasteiger partial charge in [-0.2, -0.15) is 0 Å². The highest BCUT2D eigenvalue weighted by atomic mass is 16.7. The lowest BCUT2D eigenvalue weighted by molar-refractivity contribution is -0.348. The second-order valence-corrected chi connectivity index (χ2v) is 9.98. The quantitative estimate of drug-likeness (QED) is 0.217. The summed E-state index contributed by atoms with van der Waals surface area (Å²) in [6.07, 6.45) is -9.53. The molecule has 0 bridgehead atoms. The molecule has 11 nitrogen and oxygen atoms in total. The van der Waals surface area contributed by atoms with Crippen molar-refractivity contribution in [3.05, 3.63) is 0 Å². The van der Waals surface area contributed by atoms with Gasteiger partial charge in [0.15, 0.2) is 6.29 Å². The zero-order valence-electron chi connectivity index (χ0n) is 17.6. The van der Waals surface area contributed by atoms with E-state index in [-0.39, 0.29) is 24.9 Å². The average molecular weight is 450 g/mol. The normalized spacial score (nSPS) is 49.3. The Morgan fingerprint density at radius 2 is 1.48 bits per heavy atom. The van der Waals surface area contributed by atoms with Gasteiger partial charge in [-0.05, 0) is 26.7 Å². The Bertz CT molecular complexity index is 635. The van der Waals surface area contributed by atoms with Crippen LogP contribution in [0.1, 0.15) is 26.7 Å². The minimum Gasteiger partial charge on any atom is -0.396 e. The number of ether oxygens (including phenoxy) is 4. The number of aliphatic hydroxyl groups is 7. The summed E-state index contributed by atoms with van der Waals surface area (Å²) in [5.74, 6) is -0.283. The molecule has 2 saturated heterocycles. The Balaban J connectivity index is 1.49. The molecule has 11 atom stereocenters. The molecule has 0 aromatic heterocycles. The van der Waals surface area contributed by atoms with Crippen molar-refractivity contribution in [2.75, 3.05) is 19.8 Å². The first-order chi connectivity index (χ1) is 14.5. The molecule has 4 aliphatic rings. The van der Waals surface area contributed by atoms with Gasteiger partial charge in [-0.1, -0.05) is 0 Å². The summed E-state index contributed by atoms with van der Waals surface area (Å²) in [7, 11) is 0. The van der Waals surface area contributed by atoms with Gasteiger partial charge in [-0.15, -0.1) is 0 Å². The molecule has 0 aromatic carbocycles. The molecule has 2 saturated carbocycles. The largest absolute Gasteiger partial charge is 0.396 e. The third-order valence-corrected chi connectivity index (χ3v) is 7.16. The molecule has 0 amide bonds. The van der Waals surface area contributed by atoms with Gasteiger partial charge in [-0.25, -0.2) is 0 Å². The van der Waals surface area contributed by atoms with Crippen LogP contribution >= 0.6 is 0 Å². The van der Waals surface area contributed by atoms with Crippen LogP contribution in [0.3, 0.4) is 0 Å². The average Bonchev–Trinajstić information content (AvgIpc) is 3.45. The van der Waals surface area contributed by atoms with Crippen molar-refractivity contribution >= 4 is 0 Å². The van der Waals surface area contributed by atoms with Crippen LogP contribution in [0.15, 0.2) is 0 Å². The molecular formula is C20H34O11. The van der Waals surface area contributed by atoms with Crippen LogP contribution in [-0.2, 0) is 18.9 Å². The first-order valence-electron chi connectivity index (χ1n) is 10.8. The van der Waals surface area contributed by atoms with E-state index in [2.05, 4.69) is 0 Å². The zero-order chi connectivity index (χ0) is 22.7. The van der Waals surface area contributed by atoms with Crippen molar-refractivity contribution in [3.8, 4) is 0 Å².